The number of nitrogens with zero attached hydrogens (tertiary/aromatic N) is 1. The number of hydrogen-bond donors (Lipinski definition) is 1. The van der Waals surface area contributed by atoms with Gasteiger partial charge in [-0.05, 0) is 12.2 Å². The van der Waals surface area contributed by atoms with Gasteiger partial charge in [0.05, 0.1) is 6.21 Å². The van der Waals surface area contributed by atoms with Gasteiger partial charge < -0.3 is 4.74 Å². The van der Waals surface area contributed by atoms with E-state index in [1.54, 1.807) is 37.8 Å². The Balaban J connectivity index is 2.80. The molecule has 0 saturated carbocycles. The third-order valence-electron chi connectivity index (χ3n) is 1.27. The first kappa shape index (κ1) is 7.18. The molecule has 0 fully saturated rings. The molecule has 1 heterocycles. The summed E-state index contributed by atoms with van der Waals surface area (Å²) < 4.78 is 4.96. The Morgan fingerprint density at radius 2 is 2.30 bits per heavy atom. The highest BCUT2D eigenvalue weighted by Crippen LogP contribution is 2.03. The van der Waals surface area contributed by atoms with Crippen LogP contribution in [0.4, 0.5) is 0 Å². The van der Waals surface area contributed by atoms with Crippen LogP contribution in [0, 0.1) is 0 Å². The number of aliphatic imine (C=N–C) groups is 1. The Morgan fingerprint density at radius 1 is 1.50 bits per heavy atom. The summed E-state index contributed by atoms with van der Waals surface area (Å²) in [7, 11) is 1.54. The topological polar surface area (TPSA) is 47.6 Å². The molecule has 0 aromatic carbocycles. The van der Waals surface area contributed by atoms with Gasteiger partial charge in [-0.25, -0.2) is 0 Å². The van der Waals surface area contributed by atoms with Gasteiger partial charge in [0.1, 0.15) is 0 Å². The molecule has 0 saturated heterocycles. The second-order valence-electron chi connectivity index (χ2n) is 2.04. The summed E-state index contributed by atoms with van der Waals surface area (Å²) in [5.74, 6) is 0. The standard InChI is InChI=1S/C7H10N2O/c1-10-7(8)4-2-3-5-9-6-7/h2-6H,8H2,1H3. The van der Waals surface area contributed by atoms with Crippen molar-refractivity contribution in [1.29, 1.82) is 0 Å². The molecule has 1 unspecified atom stereocenters. The summed E-state index contributed by atoms with van der Waals surface area (Å²) in [6.07, 6.45) is 8.54. The zero-order valence-corrected chi connectivity index (χ0v) is 5.82. The molecule has 0 spiro atoms. The highest BCUT2D eigenvalue weighted by molar-refractivity contribution is 5.72. The predicted octanol–water partition coefficient (Wildman–Crippen LogP) is 0.442. The van der Waals surface area contributed by atoms with E-state index in [9.17, 15) is 0 Å². The average molecular weight is 138 g/mol. The summed E-state index contributed by atoms with van der Waals surface area (Å²) in [5.41, 5.74) is 4.83. The van der Waals surface area contributed by atoms with Crippen LogP contribution in [0.15, 0.2) is 29.4 Å². The van der Waals surface area contributed by atoms with E-state index in [0.717, 1.165) is 0 Å². The third kappa shape index (κ3) is 1.52. The van der Waals surface area contributed by atoms with Crippen molar-refractivity contribution in [2.45, 2.75) is 5.72 Å². The zero-order chi connectivity index (χ0) is 7.45. The van der Waals surface area contributed by atoms with E-state index in [2.05, 4.69) is 4.99 Å². The summed E-state index contributed by atoms with van der Waals surface area (Å²) >= 11 is 0. The summed E-state index contributed by atoms with van der Waals surface area (Å²) in [6.45, 7) is 0. The molecule has 1 rings (SSSR count). The molecule has 0 aromatic rings. The van der Waals surface area contributed by atoms with Crippen LogP contribution in [0.1, 0.15) is 0 Å². The highest BCUT2D eigenvalue weighted by atomic mass is 16.5. The van der Waals surface area contributed by atoms with Crippen LogP contribution in [-0.2, 0) is 4.74 Å². The van der Waals surface area contributed by atoms with Crippen LogP contribution in [0.2, 0.25) is 0 Å². The summed E-state index contributed by atoms with van der Waals surface area (Å²) in [6, 6.07) is 0. The number of rotatable bonds is 1. The smallest absolute Gasteiger partial charge is 0.172 e. The van der Waals surface area contributed by atoms with Gasteiger partial charge in [-0.3, -0.25) is 10.7 Å². The Bertz CT molecular complexity index is 178. The minimum atomic E-state index is -0.830. The van der Waals surface area contributed by atoms with Crippen molar-refractivity contribution in [3.05, 3.63) is 24.4 Å². The van der Waals surface area contributed by atoms with Gasteiger partial charge >= 0.3 is 0 Å². The maximum atomic E-state index is 5.66. The number of nitrogens with two attached hydrogens (primary N) is 1. The lowest BCUT2D eigenvalue weighted by Crippen LogP contribution is -2.41. The SMILES string of the molecule is COC1(N)C=CC=CN=C1. The maximum absolute atomic E-state index is 5.66. The molecule has 2 N–H and O–H groups in total. The Hall–Kier alpha value is -0.930. The van der Waals surface area contributed by atoms with Crippen molar-refractivity contribution in [3.8, 4) is 0 Å². The van der Waals surface area contributed by atoms with Gasteiger partial charge in [0, 0.05) is 13.3 Å². The first-order valence-corrected chi connectivity index (χ1v) is 2.99. The second-order valence-corrected chi connectivity index (χ2v) is 2.04. The van der Waals surface area contributed by atoms with Crippen molar-refractivity contribution < 1.29 is 4.74 Å². The van der Waals surface area contributed by atoms with E-state index < -0.39 is 5.72 Å². The molecular weight excluding hydrogens is 128 g/mol. The highest BCUT2D eigenvalue weighted by Gasteiger charge is 2.16. The Labute approximate surface area is 59.9 Å². The van der Waals surface area contributed by atoms with Crippen molar-refractivity contribution in [1.82, 2.24) is 0 Å². The number of allylic oxidation sites excluding steroid dienone is 2. The second kappa shape index (κ2) is 2.77. The summed E-state index contributed by atoms with van der Waals surface area (Å²) in [4.78, 5) is 3.88. The number of hydrogen-bond acceptors (Lipinski definition) is 3. The van der Waals surface area contributed by atoms with Crippen LogP contribution in [0.25, 0.3) is 0 Å². The first-order valence-electron chi connectivity index (χ1n) is 2.99. The maximum Gasteiger partial charge on any atom is 0.172 e. The molecular formula is C7H10N2O. The Morgan fingerprint density at radius 3 is 3.00 bits per heavy atom. The van der Waals surface area contributed by atoms with Gasteiger partial charge in [0.2, 0.25) is 0 Å². The molecule has 1 atom stereocenters. The van der Waals surface area contributed by atoms with Crippen LogP contribution < -0.4 is 5.73 Å². The van der Waals surface area contributed by atoms with Crippen molar-refractivity contribution in [2.75, 3.05) is 7.11 Å². The predicted molar refractivity (Wildman–Crippen MR) is 40.7 cm³/mol. The molecule has 1 aliphatic rings. The summed E-state index contributed by atoms with van der Waals surface area (Å²) in [5, 5.41) is 0. The van der Waals surface area contributed by atoms with Crippen molar-refractivity contribution in [2.24, 2.45) is 10.7 Å². The zero-order valence-electron chi connectivity index (χ0n) is 5.82. The molecule has 0 aliphatic carbocycles. The van der Waals surface area contributed by atoms with Gasteiger partial charge in [-0.2, -0.15) is 0 Å². The van der Waals surface area contributed by atoms with E-state index in [1.165, 1.54) is 0 Å². The lowest BCUT2D eigenvalue weighted by atomic mass is 10.2. The van der Waals surface area contributed by atoms with Crippen LogP contribution in [-0.4, -0.2) is 19.0 Å². The minimum Gasteiger partial charge on any atom is -0.355 e. The van der Waals surface area contributed by atoms with Crippen LogP contribution >= 0.6 is 0 Å². The van der Waals surface area contributed by atoms with Gasteiger partial charge in [-0.15, -0.1) is 0 Å². The fourth-order valence-corrected chi connectivity index (χ4v) is 0.629. The van der Waals surface area contributed by atoms with Crippen LogP contribution in [0.5, 0.6) is 0 Å². The number of ether oxygens (including phenoxy) is 1. The molecule has 0 amide bonds. The third-order valence-corrected chi connectivity index (χ3v) is 1.27. The van der Waals surface area contributed by atoms with Crippen molar-refractivity contribution in [3.63, 3.8) is 0 Å². The van der Waals surface area contributed by atoms with E-state index in [1.807, 2.05) is 0 Å². The molecule has 3 nitrogen and oxygen atoms in total. The van der Waals surface area contributed by atoms with Crippen molar-refractivity contribution >= 4 is 6.21 Å². The monoisotopic (exact) mass is 138 g/mol. The van der Waals surface area contributed by atoms with Gasteiger partial charge in [0.25, 0.3) is 0 Å². The van der Waals surface area contributed by atoms with Gasteiger partial charge in [0.15, 0.2) is 5.72 Å². The molecule has 1 aliphatic heterocycles. The molecule has 10 heavy (non-hydrogen) atoms. The molecule has 54 valence electrons. The Kier molecular flexibility index (Phi) is 1.99. The lowest BCUT2D eigenvalue weighted by molar-refractivity contribution is 0.101. The molecule has 0 aromatic heterocycles. The van der Waals surface area contributed by atoms with E-state index in [4.69, 9.17) is 10.5 Å². The first-order chi connectivity index (χ1) is 4.77. The lowest BCUT2D eigenvalue weighted by Gasteiger charge is -2.17. The molecule has 0 bridgehead atoms. The van der Waals surface area contributed by atoms with Crippen LogP contribution in [0.3, 0.4) is 0 Å². The fourth-order valence-electron chi connectivity index (χ4n) is 0.629. The largest absolute Gasteiger partial charge is 0.355 e. The molecule has 0 radical (unpaired) electrons. The van der Waals surface area contributed by atoms with E-state index >= 15 is 0 Å². The minimum absolute atomic E-state index is 0.830. The van der Waals surface area contributed by atoms with Gasteiger partial charge in [-0.1, -0.05) is 6.08 Å². The van der Waals surface area contributed by atoms with E-state index in [0.29, 0.717) is 0 Å². The number of methoxy groups -OCH3 is 1. The quantitative estimate of drug-likeness (QED) is 0.534. The average Bonchev–Trinajstić information content (AvgIpc) is 2.15. The normalized spacial score (nSPS) is 30.6. The van der Waals surface area contributed by atoms with E-state index in [-0.39, 0.29) is 0 Å². The molecule has 3 heteroatoms. The fraction of sp³-hybridized carbons (Fsp3) is 0.286.